The van der Waals surface area contributed by atoms with Crippen molar-refractivity contribution in [2.75, 3.05) is 32.7 Å². The normalized spacial score (nSPS) is 16.5. The number of rotatable bonds is 11. The van der Waals surface area contributed by atoms with Crippen LogP contribution in [0.1, 0.15) is 66.9 Å². The highest BCUT2D eigenvalue weighted by atomic mass is 19.1. The highest BCUT2D eigenvalue weighted by molar-refractivity contribution is 5.94. The number of hydrogen-bond donors (Lipinski definition) is 2. The molecule has 0 spiro atoms. The Bertz CT molecular complexity index is 1540. The van der Waals surface area contributed by atoms with Crippen molar-refractivity contribution >= 4 is 17.9 Å². The van der Waals surface area contributed by atoms with Crippen LogP contribution in [-0.2, 0) is 9.53 Å². The van der Waals surface area contributed by atoms with E-state index < -0.39 is 23.8 Å². The summed E-state index contributed by atoms with van der Waals surface area (Å²) in [5.41, 5.74) is 1.81. The van der Waals surface area contributed by atoms with Gasteiger partial charge in [-0.1, -0.05) is 49.0 Å². The van der Waals surface area contributed by atoms with E-state index in [0.717, 1.165) is 5.56 Å². The van der Waals surface area contributed by atoms with Crippen LogP contribution in [0.5, 0.6) is 5.75 Å². The summed E-state index contributed by atoms with van der Waals surface area (Å²) in [6, 6.07) is 20.7. The third-order valence-electron chi connectivity index (χ3n) is 7.92. The van der Waals surface area contributed by atoms with E-state index in [0.29, 0.717) is 48.6 Å². The Morgan fingerprint density at radius 1 is 1.02 bits per heavy atom. The van der Waals surface area contributed by atoms with E-state index in [-0.39, 0.29) is 30.2 Å². The van der Waals surface area contributed by atoms with Crippen molar-refractivity contribution in [2.24, 2.45) is 0 Å². The van der Waals surface area contributed by atoms with Crippen LogP contribution in [0.25, 0.3) is 0 Å². The van der Waals surface area contributed by atoms with E-state index >= 15 is 0 Å². The van der Waals surface area contributed by atoms with Gasteiger partial charge in [-0.2, -0.15) is 0 Å². The number of aryl methyl sites for hydroxylation is 1. The van der Waals surface area contributed by atoms with Gasteiger partial charge in [0.15, 0.2) is 0 Å². The molecule has 3 amide bonds. The molecule has 1 aliphatic rings. The van der Waals surface area contributed by atoms with Gasteiger partial charge in [0.05, 0.1) is 6.04 Å². The first kappa shape index (κ1) is 35.2. The van der Waals surface area contributed by atoms with Crippen molar-refractivity contribution in [1.82, 2.24) is 20.4 Å². The Hall–Kier alpha value is -4.70. The van der Waals surface area contributed by atoms with Gasteiger partial charge >= 0.3 is 6.09 Å². The maximum atomic E-state index is 14.6. The molecule has 0 saturated carbocycles. The minimum Gasteiger partial charge on any atom is -0.484 e. The fraction of sp³-hybridized carbons (Fsp3) is 0.378. The van der Waals surface area contributed by atoms with Crippen LogP contribution in [0.3, 0.4) is 0 Å². The van der Waals surface area contributed by atoms with Crippen LogP contribution >= 0.6 is 0 Å². The van der Waals surface area contributed by atoms with Crippen LogP contribution in [-0.4, -0.2) is 72.1 Å². The van der Waals surface area contributed by atoms with E-state index in [4.69, 9.17) is 9.47 Å². The molecule has 0 aliphatic carbocycles. The van der Waals surface area contributed by atoms with Crippen molar-refractivity contribution in [3.05, 3.63) is 114 Å². The van der Waals surface area contributed by atoms with Gasteiger partial charge in [0.1, 0.15) is 23.3 Å². The van der Waals surface area contributed by atoms with E-state index in [1.54, 1.807) is 62.9 Å². The summed E-state index contributed by atoms with van der Waals surface area (Å²) < 4.78 is 26.5. The largest absolute Gasteiger partial charge is 0.484 e. The summed E-state index contributed by atoms with van der Waals surface area (Å²) in [5, 5.41) is 5.75. The Morgan fingerprint density at radius 3 is 2.34 bits per heavy atom. The number of nitrogens with one attached hydrogen (secondary N) is 2. The van der Waals surface area contributed by atoms with Crippen LogP contribution in [0.4, 0.5) is 9.18 Å². The van der Waals surface area contributed by atoms with E-state index in [1.165, 1.54) is 12.1 Å². The van der Waals surface area contributed by atoms with E-state index in [2.05, 4.69) is 22.1 Å². The molecule has 9 nitrogen and oxygen atoms in total. The van der Waals surface area contributed by atoms with Gasteiger partial charge in [-0.05, 0) is 87.7 Å². The summed E-state index contributed by atoms with van der Waals surface area (Å²) in [4.78, 5) is 41.9. The molecule has 3 aromatic rings. The molecule has 0 radical (unpaired) electrons. The number of amides is 3. The van der Waals surface area contributed by atoms with Gasteiger partial charge < -0.3 is 25.0 Å². The minimum absolute atomic E-state index is 0.0109. The zero-order valence-corrected chi connectivity index (χ0v) is 27.8. The molecule has 47 heavy (non-hydrogen) atoms. The second-order valence-corrected chi connectivity index (χ2v) is 12.8. The molecule has 0 aromatic heterocycles. The van der Waals surface area contributed by atoms with Crippen molar-refractivity contribution in [1.29, 1.82) is 0 Å². The summed E-state index contributed by atoms with van der Waals surface area (Å²) in [7, 11) is 0. The smallest absolute Gasteiger partial charge is 0.408 e. The Balaban J connectivity index is 1.43. The number of nitrogens with zero attached hydrogens (tertiary/aromatic N) is 2. The van der Waals surface area contributed by atoms with Gasteiger partial charge in [-0.3, -0.25) is 14.5 Å². The molecule has 0 bridgehead atoms. The summed E-state index contributed by atoms with van der Waals surface area (Å²) in [6.45, 7) is 15.1. The summed E-state index contributed by atoms with van der Waals surface area (Å²) in [5.74, 6) is -0.200. The zero-order chi connectivity index (χ0) is 34.1. The Labute approximate surface area is 276 Å². The topological polar surface area (TPSA) is 100 Å². The maximum Gasteiger partial charge on any atom is 0.408 e. The molecule has 10 heteroatoms. The van der Waals surface area contributed by atoms with Crippen LogP contribution < -0.4 is 15.4 Å². The second-order valence-electron chi connectivity index (χ2n) is 12.8. The lowest BCUT2D eigenvalue weighted by atomic mass is 10.0. The number of hydrogen-bond acceptors (Lipinski definition) is 6. The lowest BCUT2D eigenvalue weighted by Gasteiger charge is -2.40. The van der Waals surface area contributed by atoms with Gasteiger partial charge in [-0.25, -0.2) is 9.18 Å². The third kappa shape index (κ3) is 10.1. The summed E-state index contributed by atoms with van der Waals surface area (Å²) >= 11 is 0. The third-order valence-corrected chi connectivity index (χ3v) is 7.92. The molecule has 2 N–H and O–H groups in total. The van der Waals surface area contributed by atoms with E-state index in [9.17, 15) is 18.8 Å². The Kier molecular flexibility index (Phi) is 11.8. The molecule has 4 rings (SSSR count). The van der Waals surface area contributed by atoms with Crippen LogP contribution in [0, 0.1) is 12.7 Å². The molecule has 3 atom stereocenters. The highest BCUT2D eigenvalue weighted by Crippen LogP contribution is 2.26. The van der Waals surface area contributed by atoms with Gasteiger partial charge in [0.2, 0.25) is 5.91 Å². The lowest BCUT2D eigenvalue weighted by Crippen LogP contribution is -2.54. The van der Waals surface area contributed by atoms with Crippen molar-refractivity contribution in [3.8, 4) is 5.75 Å². The monoisotopic (exact) mass is 644 g/mol. The number of halogens is 1. The average molecular weight is 645 g/mol. The summed E-state index contributed by atoms with van der Waals surface area (Å²) in [6.07, 6.45) is 0.260. The number of piperazine rings is 1. The lowest BCUT2D eigenvalue weighted by molar-refractivity contribution is -0.130. The zero-order valence-electron chi connectivity index (χ0n) is 27.8. The highest BCUT2D eigenvalue weighted by Gasteiger charge is 2.29. The van der Waals surface area contributed by atoms with Crippen LogP contribution in [0.2, 0.25) is 0 Å². The first-order valence-corrected chi connectivity index (χ1v) is 15.8. The van der Waals surface area contributed by atoms with Crippen molar-refractivity contribution in [3.63, 3.8) is 0 Å². The maximum absolute atomic E-state index is 14.6. The quantitative estimate of drug-likeness (QED) is 0.250. The predicted octanol–water partition coefficient (Wildman–Crippen LogP) is 5.97. The van der Waals surface area contributed by atoms with Crippen LogP contribution in [0.15, 0.2) is 85.5 Å². The predicted molar refractivity (Wildman–Crippen MR) is 180 cm³/mol. The number of ether oxygens (including phenoxy) is 2. The van der Waals surface area contributed by atoms with Gasteiger partial charge in [-0.15, -0.1) is 0 Å². The SMILES string of the molecule is C=CC(=O)N1CCN(C[C@H](Oc2ccc(C(=O)NC[C@H](NC(=O)OC(C)(C)C)c3ccccc3)cc2)c2ccc(C)c(F)c2)C[C@H]1C. The number of carbonyl (C=O) groups excluding carboxylic acids is 3. The number of benzene rings is 3. The molecular formula is C37H45FN4O5. The van der Waals surface area contributed by atoms with E-state index in [1.807, 2.05) is 43.3 Å². The molecule has 1 heterocycles. The Morgan fingerprint density at radius 2 is 1.72 bits per heavy atom. The van der Waals surface area contributed by atoms with Crippen molar-refractivity contribution in [2.45, 2.75) is 58.4 Å². The molecular weight excluding hydrogens is 599 g/mol. The van der Waals surface area contributed by atoms with Crippen molar-refractivity contribution < 1.29 is 28.2 Å². The average Bonchev–Trinajstić information content (AvgIpc) is 3.03. The molecule has 0 unspecified atom stereocenters. The van der Waals surface area contributed by atoms with Gasteiger partial charge in [0.25, 0.3) is 5.91 Å². The van der Waals surface area contributed by atoms with Gasteiger partial charge in [0, 0.05) is 44.3 Å². The number of carbonyl (C=O) groups is 3. The first-order valence-electron chi connectivity index (χ1n) is 15.8. The fourth-order valence-corrected chi connectivity index (χ4v) is 5.43. The molecule has 1 aliphatic heterocycles. The molecule has 1 fully saturated rings. The minimum atomic E-state index is -0.662. The number of alkyl carbamates (subject to hydrolysis) is 1. The molecule has 3 aromatic carbocycles. The molecule has 1 saturated heterocycles. The standard InChI is InChI=1S/C37H45FN4O5/c1-7-34(43)42-20-19-41(23-26(42)3)24-33(29-14-13-25(2)31(38)21-29)46-30-17-15-28(16-18-30)35(44)39-22-32(27-11-9-8-10-12-27)40-36(45)47-37(4,5)6/h7-18,21,26,32-33H,1,19-20,22-24H2,2-6H3,(H,39,44)(H,40,45)/t26-,32+,33+/m1/s1. The fourth-order valence-electron chi connectivity index (χ4n) is 5.43. The first-order chi connectivity index (χ1) is 22.3. The second kappa shape index (κ2) is 15.7. The molecule has 250 valence electrons.